The van der Waals surface area contributed by atoms with Gasteiger partial charge in [0, 0.05) is 12.8 Å². The van der Waals surface area contributed by atoms with Crippen LogP contribution in [0.5, 0.6) is 0 Å². The van der Waals surface area contributed by atoms with Crippen molar-refractivity contribution in [2.75, 3.05) is 0 Å². The molecule has 0 aromatic heterocycles. The topological polar surface area (TPSA) is 9.23 Å². The first-order valence-electron chi connectivity index (χ1n) is 12.0. The van der Waals surface area contributed by atoms with Gasteiger partial charge in [0.25, 0.3) is 0 Å². The van der Waals surface area contributed by atoms with E-state index in [4.69, 9.17) is 4.74 Å². The van der Waals surface area contributed by atoms with E-state index in [0.717, 1.165) is 0 Å². The molecular formula is C34H26O. The summed E-state index contributed by atoms with van der Waals surface area (Å²) in [5.74, 6) is 1.42. The molecule has 35 heavy (non-hydrogen) atoms. The molecule has 0 aliphatic heterocycles. The fourth-order valence-corrected chi connectivity index (χ4v) is 5.07. The Balaban J connectivity index is 1.23. The van der Waals surface area contributed by atoms with Gasteiger partial charge in [-0.25, -0.2) is 0 Å². The van der Waals surface area contributed by atoms with Crippen molar-refractivity contribution in [2.45, 2.75) is 12.8 Å². The van der Waals surface area contributed by atoms with Crippen LogP contribution in [0.1, 0.15) is 11.1 Å². The maximum Gasteiger partial charge on any atom is 0.101 e. The molecule has 1 nitrogen and oxygen atoms in total. The van der Waals surface area contributed by atoms with Gasteiger partial charge in [0.1, 0.15) is 11.5 Å². The zero-order valence-corrected chi connectivity index (χ0v) is 19.6. The molecule has 0 spiro atoms. The van der Waals surface area contributed by atoms with Crippen LogP contribution >= 0.6 is 0 Å². The molecule has 0 saturated heterocycles. The number of ether oxygens (including phenoxy) is 1. The number of rotatable bonds is 6. The molecule has 1 heteroatoms. The van der Waals surface area contributed by atoms with E-state index in [1.807, 2.05) is 0 Å². The van der Waals surface area contributed by atoms with E-state index in [-0.39, 0.29) is 0 Å². The summed E-state index contributed by atoms with van der Waals surface area (Å²) >= 11 is 0. The first-order chi connectivity index (χ1) is 17.1. The van der Waals surface area contributed by atoms with E-state index in [2.05, 4.69) is 122 Å². The molecule has 0 saturated carbocycles. The van der Waals surface area contributed by atoms with Crippen molar-refractivity contribution in [1.29, 1.82) is 0 Å². The molecule has 0 fully saturated rings. The Bertz CT molecular complexity index is 1620. The largest absolute Gasteiger partial charge is 0.467 e. The Hall–Kier alpha value is -4.36. The van der Waals surface area contributed by atoms with Crippen molar-refractivity contribution >= 4 is 43.1 Å². The quantitative estimate of drug-likeness (QED) is 0.182. The summed E-state index contributed by atoms with van der Waals surface area (Å²) in [4.78, 5) is 0. The summed E-state index contributed by atoms with van der Waals surface area (Å²) in [6, 6.07) is 38.8. The van der Waals surface area contributed by atoms with E-state index in [1.165, 1.54) is 54.2 Å². The predicted molar refractivity (Wildman–Crippen MR) is 150 cm³/mol. The van der Waals surface area contributed by atoms with Gasteiger partial charge in [-0.05, 0) is 78.5 Å². The fraction of sp³-hybridized carbons (Fsp3) is 0.0588. The van der Waals surface area contributed by atoms with Crippen LogP contribution < -0.4 is 0 Å². The lowest BCUT2D eigenvalue weighted by Crippen LogP contribution is -1.99. The molecule has 0 atom stereocenters. The van der Waals surface area contributed by atoms with Crippen LogP contribution in [0.4, 0.5) is 0 Å². The highest BCUT2D eigenvalue weighted by Gasteiger charge is 2.09. The molecule has 6 aromatic rings. The first-order valence-corrected chi connectivity index (χ1v) is 12.0. The van der Waals surface area contributed by atoms with Crippen molar-refractivity contribution in [2.24, 2.45) is 0 Å². The van der Waals surface area contributed by atoms with Gasteiger partial charge in [-0.3, -0.25) is 0 Å². The highest BCUT2D eigenvalue weighted by molar-refractivity contribution is 6.00. The Morgan fingerprint density at radius 3 is 1.26 bits per heavy atom. The van der Waals surface area contributed by atoms with Crippen LogP contribution in [0.2, 0.25) is 0 Å². The monoisotopic (exact) mass is 450 g/mol. The van der Waals surface area contributed by atoms with Gasteiger partial charge in [0.05, 0.1) is 0 Å². The molecule has 6 aromatic carbocycles. The molecule has 0 radical (unpaired) electrons. The summed E-state index contributed by atoms with van der Waals surface area (Å²) in [5, 5.41) is 9.93. The third-order valence-corrected chi connectivity index (χ3v) is 6.74. The maximum absolute atomic E-state index is 6.14. The second-order valence-electron chi connectivity index (χ2n) is 9.21. The van der Waals surface area contributed by atoms with Gasteiger partial charge in [0.2, 0.25) is 0 Å². The average Bonchev–Trinajstić information content (AvgIpc) is 2.87. The van der Waals surface area contributed by atoms with Crippen molar-refractivity contribution in [3.63, 3.8) is 0 Å². The smallest absolute Gasteiger partial charge is 0.101 e. The average molecular weight is 451 g/mol. The summed E-state index contributed by atoms with van der Waals surface area (Å²) in [6.45, 7) is 8.44. The molecule has 0 N–H and O–H groups in total. The van der Waals surface area contributed by atoms with E-state index in [1.54, 1.807) is 0 Å². The van der Waals surface area contributed by atoms with E-state index in [9.17, 15) is 0 Å². The van der Waals surface area contributed by atoms with Crippen LogP contribution in [-0.2, 0) is 17.6 Å². The summed E-state index contributed by atoms with van der Waals surface area (Å²) in [7, 11) is 0. The van der Waals surface area contributed by atoms with Gasteiger partial charge < -0.3 is 4.74 Å². The third kappa shape index (κ3) is 4.18. The lowest BCUT2D eigenvalue weighted by atomic mass is 9.97. The number of allylic oxidation sites excluding steroid dienone is 2. The van der Waals surface area contributed by atoms with Gasteiger partial charge in [-0.1, -0.05) is 98.1 Å². The van der Waals surface area contributed by atoms with Crippen LogP contribution in [0.15, 0.2) is 134 Å². The number of hydrogen-bond acceptors (Lipinski definition) is 1. The van der Waals surface area contributed by atoms with Crippen molar-refractivity contribution in [3.8, 4) is 0 Å². The lowest BCUT2D eigenvalue weighted by molar-refractivity contribution is 0.293. The van der Waals surface area contributed by atoms with Gasteiger partial charge >= 0.3 is 0 Å². The number of hydrogen-bond donors (Lipinski definition) is 0. The fourth-order valence-electron chi connectivity index (χ4n) is 5.07. The van der Waals surface area contributed by atoms with E-state index in [0.29, 0.717) is 24.4 Å². The summed E-state index contributed by atoms with van der Waals surface area (Å²) < 4.78 is 6.14. The van der Waals surface area contributed by atoms with Crippen LogP contribution in [0.3, 0.4) is 0 Å². The van der Waals surface area contributed by atoms with Crippen molar-refractivity contribution in [3.05, 3.63) is 145 Å². The number of fused-ring (bicyclic) bond motifs is 4. The molecule has 0 bridgehead atoms. The van der Waals surface area contributed by atoms with Crippen LogP contribution in [0.25, 0.3) is 43.1 Å². The molecule has 0 unspecified atom stereocenters. The minimum absolute atomic E-state index is 0.648. The third-order valence-electron chi connectivity index (χ3n) is 6.74. The van der Waals surface area contributed by atoms with Gasteiger partial charge in [0.15, 0.2) is 0 Å². The van der Waals surface area contributed by atoms with E-state index >= 15 is 0 Å². The molecule has 0 aliphatic carbocycles. The first kappa shape index (κ1) is 21.2. The Morgan fingerprint density at radius 1 is 0.457 bits per heavy atom. The van der Waals surface area contributed by atoms with Crippen molar-refractivity contribution in [1.82, 2.24) is 0 Å². The van der Waals surface area contributed by atoms with Crippen LogP contribution in [0, 0.1) is 0 Å². The Kier molecular flexibility index (Phi) is 5.31. The summed E-state index contributed by atoms with van der Waals surface area (Å²) in [6.07, 6.45) is 1.30. The van der Waals surface area contributed by atoms with Crippen LogP contribution in [-0.4, -0.2) is 0 Å². The number of benzene rings is 6. The maximum atomic E-state index is 6.14. The Labute approximate surface area is 205 Å². The normalized spacial score (nSPS) is 11.3. The molecule has 0 aliphatic rings. The van der Waals surface area contributed by atoms with E-state index < -0.39 is 0 Å². The molecule has 168 valence electrons. The molecule has 0 amide bonds. The van der Waals surface area contributed by atoms with Gasteiger partial charge in [-0.15, -0.1) is 0 Å². The predicted octanol–water partition coefficient (Wildman–Crippen LogP) is 9.13. The summed E-state index contributed by atoms with van der Waals surface area (Å²) in [5.41, 5.74) is 2.42. The minimum Gasteiger partial charge on any atom is -0.467 e. The Morgan fingerprint density at radius 2 is 0.829 bits per heavy atom. The molecular weight excluding hydrogens is 424 g/mol. The standard InChI is InChI=1S/C34H26O/c1-23(17-29-13-7-15-31-19-25-9-3-5-11-27(25)21-33(29)31)35-24(2)18-30-14-8-16-32-20-26-10-4-6-12-28(26)22-34(30)32/h3-16,19-22H,1-2,17-18H2. The lowest BCUT2D eigenvalue weighted by Gasteiger charge is -2.15. The zero-order valence-electron chi connectivity index (χ0n) is 19.6. The SMILES string of the molecule is C=C(Cc1cccc2cc3ccccc3cc12)OC(=C)Cc1cccc2cc3ccccc3cc12. The molecule has 0 heterocycles. The zero-order chi connectivity index (χ0) is 23.8. The highest BCUT2D eigenvalue weighted by Crippen LogP contribution is 2.29. The minimum atomic E-state index is 0.648. The molecule has 6 rings (SSSR count). The second-order valence-corrected chi connectivity index (χ2v) is 9.21. The van der Waals surface area contributed by atoms with Gasteiger partial charge in [-0.2, -0.15) is 0 Å². The van der Waals surface area contributed by atoms with Crippen molar-refractivity contribution < 1.29 is 4.74 Å². The highest BCUT2D eigenvalue weighted by atomic mass is 16.5. The second kappa shape index (κ2) is 8.77.